The highest BCUT2D eigenvalue weighted by molar-refractivity contribution is 7.99. The normalized spacial score (nSPS) is 19.5. The van der Waals surface area contributed by atoms with Crippen LogP contribution >= 0.6 is 23.4 Å². The molecule has 0 saturated carbocycles. The number of amides is 2. The number of hydrogen-bond acceptors (Lipinski definition) is 3. The van der Waals surface area contributed by atoms with E-state index >= 15 is 0 Å². The molecule has 1 saturated heterocycles. The molecule has 1 heterocycles. The van der Waals surface area contributed by atoms with Crippen LogP contribution in [0.1, 0.15) is 42.1 Å². The van der Waals surface area contributed by atoms with Crippen molar-refractivity contribution in [2.45, 2.75) is 37.7 Å². The molecular weight excluding hydrogens is 399 g/mol. The molecule has 0 aromatic heterocycles. The Labute approximate surface area is 173 Å². The molecule has 148 valence electrons. The maximum Gasteiger partial charge on any atom is 0.255 e. The maximum absolute atomic E-state index is 13.4. The van der Waals surface area contributed by atoms with E-state index in [0.29, 0.717) is 16.3 Å². The van der Waals surface area contributed by atoms with Gasteiger partial charge in [-0.05, 0) is 62.7 Å². The lowest BCUT2D eigenvalue weighted by atomic mass is 10.1. The molecule has 0 radical (unpaired) electrons. The average molecular weight is 421 g/mol. The molecule has 7 heteroatoms. The standard InChI is InChI=1S/C21H22ClFN2O2S/c1-21(2,3)24-18(26)17-12-28-20(14-6-10-16(23)11-7-14)25(17)19(27)13-4-8-15(22)9-5-13/h4-11,17,20H,12H2,1-3H3,(H,24,26)/t17-,20-/m1/s1. The van der Waals surface area contributed by atoms with E-state index in [1.54, 1.807) is 41.3 Å². The van der Waals surface area contributed by atoms with Crippen molar-refractivity contribution in [3.05, 3.63) is 70.5 Å². The van der Waals surface area contributed by atoms with Crippen molar-refractivity contribution in [2.24, 2.45) is 0 Å². The molecule has 1 aliphatic heterocycles. The number of carbonyl (C=O) groups excluding carboxylic acids is 2. The number of halogens is 2. The van der Waals surface area contributed by atoms with Gasteiger partial charge in [-0.3, -0.25) is 9.59 Å². The van der Waals surface area contributed by atoms with Crippen molar-refractivity contribution in [1.82, 2.24) is 10.2 Å². The number of nitrogens with zero attached hydrogens (tertiary/aromatic N) is 1. The van der Waals surface area contributed by atoms with Crippen LogP contribution in [-0.2, 0) is 4.79 Å². The SMILES string of the molecule is CC(C)(C)NC(=O)[C@H]1CS[C@H](c2ccc(F)cc2)N1C(=O)c1ccc(Cl)cc1. The molecule has 2 amide bonds. The fourth-order valence-corrected chi connectivity index (χ4v) is 4.59. The Hall–Kier alpha value is -2.05. The van der Waals surface area contributed by atoms with Gasteiger partial charge in [0.1, 0.15) is 17.2 Å². The van der Waals surface area contributed by atoms with Gasteiger partial charge in [0.25, 0.3) is 5.91 Å². The van der Waals surface area contributed by atoms with Crippen LogP contribution in [0.4, 0.5) is 4.39 Å². The Morgan fingerprint density at radius 1 is 1.11 bits per heavy atom. The smallest absolute Gasteiger partial charge is 0.255 e. The number of thioether (sulfide) groups is 1. The Morgan fingerprint density at radius 3 is 2.29 bits per heavy atom. The Morgan fingerprint density at radius 2 is 1.71 bits per heavy atom. The number of benzene rings is 2. The highest BCUT2D eigenvalue weighted by Crippen LogP contribution is 2.42. The fraction of sp³-hybridized carbons (Fsp3) is 0.333. The quantitative estimate of drug-likeness (QED) is 0.786. The van der Waals surface area contributed by atoms with E-state index in [2.05, 4.69) is 5.32 Å². The summed E-state index contributed by atoms with van der Waals surface area (Å²) in [5.41, 5.74) is 0.817. The fourth-order valence-electron chi connectivity index (χ4n) is 3.04. The molecule has 3 rings (SSSR count). The molecule has 0 bridgehead atoms. The van der Waals surface area contributed by atoms with Crippen LogP contribution < -0.4 is 5.32 Å². The minimum absolute atomic E-state index is 0.202. The third-order valence-electron chi connectivity index (χ3n) is 4.28. The summed E-state index contributed by atoms with van der Waals surface area (Å²) in [6.07, 6.45) is 0. The van der Waals surface area contributed by atoms with Gasteiger partial charge >= 0.3 is 0 Å². The van der Waals surface area contributed by atoms with Crippen molar-refractivity contribution in [2.75, 3.05) is 5.75 Å². The molecule has 4 nitrogen and oxygen atoms in total. The van der Waals surface area contributed by atoms with Gasteiger partial charge in [-0.15, -0.1) is 11.8 Å². The predicted molar refractivity (Wildman–Crippen MR) is 111 cm³/mol. The van der Waals surface area contributed by atoms with Crippen LogP contribution in [0.2, 0.25) is 5.02 Å². The lowest BCUT2D eigenvalue weighted by Gasteiger charge is -2.31. The Kier molecular flexibility index (Phi) is 6.01. The Balaban J connectivity index is 1.96. The van der Waals surface area contributed by atoms with Crippen LogP contribution in [0.3, 0.4) is 0 Å². The van der Waals surface area contributed by atoms with Gasteiger partial charge in [0.2, 0.25) is 5.91 Å². The van der Waals surface area contributed by atoms with E-state index < -0.39 is 11.6 Å². The topological polar surface area (TPSA) is 49.4 Å². The van der Waals surface area contributed by atoms with E-state index in [0.717, 1.165) is 5.56 Å². The summed E-state index contributed by atoms with van der Waals surface area (Å²) in [5.74, 6) is -0.343. The van der Waals surface area contributed by atoms with Crippen molar-refractivity contribution >= 4 is 35.2 Å². The Bertz CT molecular complexity index is 865. The average Bonchev–Trinajstić information content (AvgIpc) is 3.06. The molecule has 1 fully saturated rings. The molecule has 2 aromatic carbocycles. The van der Waals surface area contributed by atoms with Crippen LogP contribution in [0.5, 0.6) is 0 Å². The summed E-state index contributed by atoms with van der Waals surface area (Å²) in [4.78, 5) is 27.8. The summed E-state index contributed by atoms with van der Waals surface area (Å²) in [5, 5.41) is 3.12. The van der Waals surface area contributed by atoms with Crippen LogP contribution in [0.25, 0.3) is 0 Å². The van der Waals surface area contributed by atoms with Gasteiger partial charge in [0.15, 0.2) is 0 Å². The largest absolute Gasteiger partial charge is 0.350 e. The molecule has 0 unspecified atom stereocenters. The van der Waals surface area contributed by atoms with Gasteiger partial charge in [0.05, 0.1) is 0 Å². The van der Waals surface area contributed by atoms with Crippen molar-refractivity contribution in [3.63, 3.8) is 0 Å². The molecule has 1 aliphatic rings. The van der Waals surface area contributed by atoms with E-state index in [1.807, 2.05) is 20.8 Å². The lowest BCUT2D eigenvalue weighted by Crippen LogP contribution is -2.52. The summed E-state index contributed by atoms with van der Waals surface area (Å²) in [6, 6.07) is 12.0. The second-order valence-corrected chi connectivity index (χ2v) is 9.26. The summed E-state index contributed by atoms with van der Waals surface area (Å²) in [7, 11) is 0. The summed E-state index contributed by atoms with van der Waals surface area (Å²) >= 11 is 7.43. The second kappa shape index (κ2) is 8.13. The zero-order valence-electron chi connectivity index (χ0n) is 15.9. The third-order valence-corrected chi connectivity index (χ3v) is 5.86. The zero-order valence-corrected chi connectivity index (χ0v) is 17.5. The van der Waals surface area contributed by atoms with Gasteiger partial charge in [0, 0.05) is 21.9 Å². The van der Waals surface area contributed by atoms with E-state index in [9.17, 15) is 14.0 Å². The van der Waals surface area contributed by atoms with Gasteiger partial charge in [-0.1, -0.05) is 23.7 Å². The maximum atomic E-state index is 13.4. The van der Waals surface area contributed by atoms with E-state index in [4.69, 9.17) is 11.6 Å². The second-order valence-electron chi connectivity index (χ2n) is 7.71. The summed E-state index contributed by atoms with van der Waals surface area (Å²) in [6.45, 7) is 5.70. The molecule has 28 heavy (non-hydrogen) atoms. The summed E-state index contributed by atoms with van der Waals surface area (Å²) < 4.78 is 13.4. The number of carbonyl (C=O) groups is 2. The molecule has 0 aliphatic carbocycles. The first-order chi connectivity index (χ1) is 13.2. The minimum atomic E-state index is -0.623. The van der Waals surface area contributed by atoms with Crippen molar-refractivity contribution in [3.8, 4) is 0 Å². The van der Waals surface area contributed by atoms with E-state index in [-0.39, 0.29) is 23.0 Å². The molecule has 0 spiro atoms. The highest BCUT2D eigenvalue weighted by Gasteiger charge is 2.43. The molecule has 2 atom stereocenters. The minimum Gasteiger partial charge on any atom is -0.350 e. The first kappa shape index (κ1) is 20.7. The molecular formula is C21H22ClFN2O2S. The first-order valence-corrected chi connectivity index (χ1v) is 10.4. The zero-order chi connectivity index (χ0) is 20.5. The predicted octanol–water partition coefficient (Wildman–Crippen LogP) is 4.65. The van der Waals surface area contributed by atoms with E-state index in [1.165, 1.54) is 23.9 Å². The molecule has 1 N–H and O–H groups in total. The van der Waals surface area contributed by atoms with Crippen LogP contribution in [0.15, 0.2) is 48.5 Å². The van der Waals surface area contributed by atoms with Crippen LogP contribution in [-0.4, -0.2) is 34.0 Å². The highest BCUT2D eigenvalue weighted by atomic mass is 35.5. The van der Waals surface area contributed by atoms with Gasteiger partial charge < -0.3 is 10.2 Å². The van der Waals surface area contributed by atoms with Gasteiger partial charge in [-0.25, -0.2) is 4.39 Å². The monoisotopic (exact) mass is 420 g/mol. The van der Waals surface area contributed by atoms with Crippen molar-refractivity contribution < 1.29 is 14.0 Å². The third kappa shape index (κ3) is 4.67. The lowest BCUT2D eigenvalue weighted by molar-refractivity contribution is -0.126. The number of rotatable bonds is 3. The van der Waals surface area contributed by atoms with Crippen molar-refractivity contribution in [1.29, 1.82) is 0 Å². The van der Waals surface area contributed by atoms with Gasteiger partial charge in [-0.2, -0.15) is 0 Å². The molecule has 2 aromatic rings. The number of hydrogen-bond donors (Lipinski definition) is 1. The number of nitrogens with one attached hydrogen (secondary N) is 1. The first-order valence-electron chi connectivity index (χ1n) is 8.93. The van der Waals surface area contributed by atoms with Crippen LogP contribution in [0, 0.1) is 5.82 Å².